The monoisotopic (exact) mass is 355 g/mol. The smallest absolute Gasteiger partial charge is 0.339 e. The van der Waals surface area contributed by atoms with Gasteiger partial charge in [0.25, 0.3) is 5.56 Å². The van der Waals surface area contributed by atoms with Gasteiger partial charge in [-0.2, -0.15) is 0 Å². The number of nitrogens with zero attached hydrogens (tertiary/aromatic N) is 1. The fourth-order valence-corrected chi connectivity index (χ4v) is 3.47. The van der Waals surface area contributed by atoms with Crippen molar-refractivity contribution in [3.63, 3.8) is 0 Å². The Labute approximate surface area is 151 Å². The van der Waals surface area contributed by atoms with Crippen molar-refractivity contribution in [3.8, 4) is 5.75 Å². The highest BCUT2D eigenvalue weighted by Gasteiger charge is 2.16. The molecular weight excluding hydrogens is 330 g/mol. The first kappa shape index (κ1) is 18.2. The summed E-state index contributed by atoms with van der Waals surface area (Å²) in [5.41, 5.74) is -0.0912. The number of pyridine rings is 1. The molecule has 0 saturated heterocycles. The van der Waals surface area contributed by atoms with Gasteiger partial charge in [-0.05, 0) is 18.6 Å². The molecule has 5 heteroatoms. The molecule has 1 aromatic carbocycles. The van der Waals surface area contributed by atoms with E-state index < -0.39 is 5.63 Å². The third-order valence-electron chi connectivity index (χ3n) is 4.82. The Morgan fingerprint density at radius 3 is 2.46 bits per heavy atom. The minimum atomic E-state index is -0.663. The van der Waals surface area contributed by atoms with E-state index in [1.807, 2.05) is 18.2 Å². The van der Waals surface area contributed by atoms with Crippen molar-refractivity contribution in [2.75, 3.05) is 0 Å². The average molecular weight is 355 g/mol. The number of hydrogen-bond donors (Lipinski definition) is 1. The van der Waals surface area contributed by atoms with Crippen LogP contribution in [0.25, 0.3) is 21.9 Å². The highest BCUT2D eigenvalue weighted by atomic mass is 16.4. The van der Waals surface area contributed by atoms with Crippen molar-refractivity contribution in [1.82, 2.24) is 4.57 Å². The molecular formula is C21H25NO4. The van der Waals surface area contributed by atoms with Crippen molar-refractivity contribution in [2.24, 2.45) is 0 Å². The van der Waals surface area contributed by atoms with E-state index in [4.69, 9.17) is 4.42 Å². The van der Waals surface area contributed by atoms with E-state index in [1.165, 1.54) is 32.1 Å². The van der Waals surface area contributed by atoms with E-state index in [1.54, 1.807) is 10.6 Å². The van der Waals surface area contributed by atoms with E-state index in [2.05, 4.69) is 6.92 Å². The summed E-state index contributed by atoms with van der Waals surface area (Å²) in [5, 5.41) is 10.9. The minimum Gasteiger partial charge on any atom is -0.507 e. The summed E-state index contributed by atoms with van der Waals surface area (Å²) in [6.45, 7) is 2.79. The maximum absolute atomic E-state index is 12.9. The van der Waals surface area contributed by atoms with Gasteiger partial charge in [0.2, 0.25) is 0 Å². The zero-order valence-electron chi connectivity index (χ0n) is 15.2. The Morgan fingerprint density at radius 1 is 1.00 bits per heavy atom. The predicted molar refractivity (Wildman–Crippen MR) is 104 cm³/mol. The maximum atomic E-state index is 12.9. The van der Waals surface area contributed by atoms with Gasteiger partial charge in [-0.25, -0.2) is 4.79 Å². The first-order valence-corrected chi connectivity index (χ1v) is 9.42. The quantitative estimate of drug-likeness (QED) is 0.475. The molecule has 0 radical (unpaired) electrons. The highest BCUT2D eigenvalue weighted by molar-refractivity contribution is 6.03. The largest absolute Gasteiger partial charge is 0.507 e. The topological polar surface area (TPSA) is 72.4 Å². The molecule has 0 atom stereocenters. The second kappa shape index (κ2) is 8.21. The lowest BCUT2D eigenvalue weighted by molar-refractivity contribution is 0.466. The molecule has 0 bridgehead atoms. The molecule has 138 valence electrons. The van der Waals surface area contributed by atoms with Gasteiger partial charge < -0.3 is 14.1 Å². The van der Waals surface area contributed by atoms with E-state index in [-0.39, 0.29) is 22.3 Å². The number of aromatic nitrogens is 1. The molecule has 26 heavy (non-hydrogen) atoms. The van der Waals surface area contributed by atoms with E-state index in [9.17, 15) is 14.7 Å². The van der Waals surface area contributed by atoms with Crippen LogP contribution in [0, 0.1) is 0 Å². The molecule has 0 amide bonds. The lowest BCUT2D eigenvalue weighted by Crippen LogP contribution is -2.22. The third-order valence-corrected chi connectivity index (χ3v) is 4.82. The molecule has 0 spiro atoms. The van der Waals surface area contributed by atoms with Gasteiger partial charge in [0.05, 0.1) is 11.6 Å². The first-order chi connectivity index (χ1) is 12.6. The number of aryl methyl sites for hydroxylation is 1. The average Bonchev–Trinajstić information content (AvgIpc) is 2.62. The van der Waals surface area contributed by atoms with Crippen LogP contribution in [-0.2, 0) is 6.54 Å². The lowest BCUT2D eigenvalue weighted by Gasteiger charge is -2.12. The van der Waals surface area contributed by atoms with Crippen molar-refractivity contribution >= 4 is 21.9 Å². The maximum Gasteiger partial charge on any atom is 0.339 e. The third kappa shape index (κ3) is 3.66. The van der Waals surface area contributed by atoms with Crippen LogP contribution in [0.3, 0.4) is 0 Å². The van der Waals surface area contributed by atoms with Crippen LogP contribution >= 0.6 is 0 Å². The van der Waals surface area contributed by atoms with Gasteiger partial charge in [-0.3, -0.25) is 4.79 Å². The van der Waals surface area contributed by atoms with Crippen LogP contribution < -0.4 is 11.2 Å². The van der Waals surface area contributed by atoms with E-state index in [0.717, 1.165) is 24.4 Å². The summed E-state index contributed by atoms with van der Waals surface area (Å²) >= 11 is 0. The Hall–Kier alpha value is -2.56. The number of para-hydroxylation sites is 1. The summed E-state index contributed by atoms with van der Waals surface area (Å²) in [6, 6.07) is 8.29. The number of hydrogen-bond acceptors (Lipinski definition) is 4. The summed E-state index contributed by atoms with van der Waals surface area (Å²) < 4.78 is 6.93. The number of rotatable bonds is 8. The zero-order chi connectivity index (χ0) is 18.5. The predicted octanol–water partition coefficient (Wildman–Crippen LogP) is 4.56. The number of fused-ring (bicyclic) bond motifs is 3. The van der Waals surface area contributed by atoms with E-state index >= 15 is 0 Å². The molecule has 2 heterocycles. The molecule has 0 fully saturated rings. The van der Waals surface area contributed by atoms with Crippen LogP contribution in [0.5, 0.6) is 5.75 Å². The fourth-order valence-electron chi connectivity index (χ4n) is 3.47. The SMILES string of the molecule is CCCCCCCCCn1c(=O)c2c(O)cc(=O)oc2c2ccccc21. The second-order valence-electron chi connectivity index (χ2n) is 6.75. The van der Waals surface area contributed by atoms with Gasteiger partial charge in [0.15, 0.2) is 5.58 Å². The molecule has 3 rings (SSSR count). The van der Waals surface area contributed by atoms with Crippen LogP contribution in [0.2, 0.25) is 0 Å². The molecule has 2 aromatic heterocycles. The molecule has 0 aliphatic heterocycles. The molecule has 0 aliphatic rings. The summed E-state index contributed by atoms with van der Waals surface area (Å²) in [6.07, 6.45) is 8.14. The molecule has 0 saturated carbocycles. The van der Waals surface area contributed by atoms with Gasteiger partial charge in [0.1, 0.15) is 11.1 Å². The van der Waals surface area contributed by atoms with Crippen molar-refractivity contribution < 1.29 is 9.52 Å². The summed E-state index contributed by atoms with van der Waals surface area (Å²) in [5.74, 6) is -0.319. The van der Waals surface area contributed by atoms with Crippen molar-refractivity contribution in [3.05, 3.63) is 51.1 Å². The molecule has 1 N–H and O–H groups in total. The van der Waals surface area contributed by atoms with Gasteiger partial charge >= 0.3 is 5.63 Å². The normalized spacial score (nSPS) is 11.4. The Balaban J connectivity index is 1.93. The Bertz CT molecular complexity index is 1020. The zero-order valence-corrected chi connectivity index (χ0v) is 15.2. The van der Waals surface area contributed by atoms with Crippen LogP contribution in [-0.4, -0.2) is 9.67 Å². The second-order valence-corrected chi connectivity index (χ2v) is 6.75. The molecule has 3 aromatic rings. The standard InChI is InChI=1S/C21H25NO4/c1-2-3-4-5-6-7-10-13-22-16-12-9-8-11-15(16)20-19(21(22)25)17(23)14-18(24)26-20/h8-9,11-12,14,23H,2-7,10,13H2,1H3. The minimum absolute atomic E-state index is 0.0752. The number of benzene rings is 1. The fraction of sp³-hybridized carbons (Fsp3) is 0.429. The number of aromatic hydroxyl groups is 1. The molecule has 0 aliphatic carbocycles. The Kier molecular flexibility index (Phi) is 5.76. The summed E-state index contributed by atoms with van der Waals surface area (Å²) in [7, 11) is 0. The van der Waals surface area contributed by atoms with E-state index in [0.29, 0.717) is 11.9 Å². The summed E-state index contributed by atoms with van der Waals surface area (Å²) in [4.78, 5) is 24.5. The van der Waals surface area contributed by atoms with Crippen molar-refractivity contribution in [2.45, 2.75) is 58.4 Å². The van der Waals surface area contributed by atoms with Gasteiger partial charge in [-0.1, -0.05) is 57.6 Å². The van der Waals surface area contributed by atoms with Gasteiger partial charge in [-0.15, -0.1) is 0 Å². The van der Waals surface area contributed by atoms with Crippen LogP contribution in [0.4, 0.5) is 0 Å². The van der Waals surface area contributed by atoms with Crippen LogP contribution in [0.15, 0.2) is 44.3 Å². The van der Waals surface area contributed by atoms with Gasteiger partial charge in [0, 0.05) is 11.9 Å². The Morgan fingerprint density at radius 2 is 1.69 bits per heavy atom. The lowest BCUT2D eigenvalue weighted by atomic mass is 10.1. The first-order valence-electron chi connectivity index (χ1n) is 9.42. The molecule has 5 nitrogen and oxygen atoms in total. The number of unbranched alkanes of at least 4 members (excludes halogenated alkanes) is 6. The van der Waals surface area contributed by atoms with Crippen molar-refractivity contribution in [1.29, 1.82) is 0 Å². The highest BCUT2D eigenvalue weighted by Crippen LogP contribution is 2.26. The van der Waals surface area contributed by atoms with Crippen LogP contribution in [0.1, 0.15) is 51.9 Å². The molecule has 0 unspecified atom stereocenters.